The van der Waals surface area contributed by atoms with Gasteiger partial charge in [-0.2, -0.15) is 5.26 Å². The van der Waals surface area contributed by atoms with Crippen molar-refractivity contribution in [1.82, 2.24) is 14.9 Å². The maximum atomic E-state index is 12.6. The summed E-state index contributed by atoms with van der Waals surface area (Å²) in [5.74, 6) is -0.214. The number of aromatic nitrogens is 2. The third-order valence-electron chi connectivity index (χ3n) is 4.76. The van der Waals surface area contributed by atoms with Crippen LogP contribution >= 0.6 is 0 Å². The molecule has 6 nitrogen and oxygen atoms in total. The van der Waals surface area contributed by atoms with Crippen molar-refractivity contribution < 1.29 is 4.79 Å². The molecule has 124 valence electrons. The molecule has 1 saturated heterocycles. The van der Waals surface area contributed by atoms with Crippen molar-refractivity contribution >= 4 is 11.6 Å². The molecular weight excluding hydrogens is 302 g/mol. The van der Waals surface area contributed by atoms with Gasteiger partial charge in [0.25, 0.3) is 0 Å². The average Bonchev–Trinajstić information content (AvgIpc) is 2.95. The van der Waals surface area contributed by atoms with E-state index in [0.717, 1.165) is 17.1 Å². The van der Waals surface area contributed by atoms with Gasteiger partial charge in [-0.1, -0.05) is 0 Å². The first-order chi connectivity index (χ1) is 11.6. The van der Waals surface area contributed by atoms with Crippen LogP contribution in [0.1, 0.15) is 24.2 Å². The Morgan fingerprint density at radius 1 is 1.29 bits per heavy atom. The number of nitrogens with one attached hydrogen (secondary N) is 2. The summed E-state index contributed by atoms with van der Waals surface area (Å²) in [7, 11) is 0. The van der Waals surface area contributed by atoms with E-state index < -0.39 is 5.41 Å². The molecule has 1 aromatic heterocycles. The SMILES string of the molecule is Cc1ncn(-c2ccc(NC(=O)C3(C#N)CCNCC3)cc2)c1C. The summed E-state index contributed by atoms with van der Waals surface area (Å²) < 4.78 is 2.00. The standard InChI is InChI=1S/C18H21N5O/c1-13-14(2)23(12-21-13)16-5-3-15(4-6-16)22-17(24)18(11-19)7-9-20-10-8-18/h3-6,12,20H,7-10H2,1-2H3,(H,22,24). The van der Waals surface area contributed by atoms with Gasteiger partial charge in [-0.05, 0) is 64.0 Å². The number of nitriles is 1. The number of hydrogen-bond acceptors (Lipinski definition) is 4. The zero-order chi connectivity index (χ0) is 17.2. The van der Waals surface area contributed by atoms with Gasteiger partial charge in [0.1, 0.15) is 5.41 Å². The number of rotatable bonds is 3. The monoisotopic (exact) mass is 323 g/mol. The Kier molecular flexibility index (Phi) is 4.36. The van der Waals surface area contributed by atoms with Crippen molar-refractivity contribution in [2.45, 2.75) is 26.7 Å². The second-order valence-corrected chi connectivity index (χ2v) is 6.23. The number of aryl methyl sites for hydroxylation is 1. The van der Waals surface area contributed by atoms with E-state index in [1.54, 1.807) is 6.33 Å². The lowest BCUT2D eigenvalue weighted by molar-refractivity contribution is -0.123. The first kappa shape index (κ1) is 16.2. The predicted octanol–water partition coefficient (Wildman–Crippen LogP) is 2.32. The number of hydrogen-bond donors (Lipinski definition) is 2. The molecule has 1 amide bonds. The highest BCUT2D eigenvalue weighted by Crippen LogP contribution is 2.29. The average molecular weight is 323 g/mol. The van der Waals surface area contributed by atoms with E-state index in [0.29, 0.717) is 31.6 Å². The fourth-order valence-corrected chi connectivity index (χ4v) is 2.96. The van der Waals surface area contributed by atoms with Gasteiger partial charge in [0.05, 0.1) is 18.1 Å². The van der Waals surface area contributed by atoms with E-state index in [-0.39, 0.29) is 5.91 Å². The van der Waals surface area contributed by atoms with Gasteiger partial charge >= 0.3 is 0 Å². The number of anilines is 1. The van der Waals surface area contributed by atoms with Crippen molar-refractivity contribution in [1.29, 1.82) is 5.26 Å². The van der Waals surface area contributed by atoms with Crippen LogP contribution in [0.3, 0.4) is 0 Å². The van der Waals surface area contributed by atoms with Crippen molar-refractivity contribution in [3.8, 4) is 11.8 Å². The number of nitrogens with zero attached hydrogens (tertiary/aromatic N) is 3. The first-order valence-corrected chi connectivity index (χ1v) is 8.10. The quantitative estimate of drug-likeness (QED) is 0.908. The highest BCUT2D eigenvalue weighted by atomic mass is 16.2. The summed E-state index contributed by atoms with van der Waals surface area (Å²) >= 11 is 0. The van der Waals surface area contributed by atoms with Crippen LogP contribution in [0.5, 0.6) is 0 Å². The molecule has 0 saturated carbocycles. The van der Waals surface area contributed by atoms with Crippen LogP contribution in [0.2, 0.25) is 0 Å². The molecule has 0 bridgehead atoms. The van der Waals surface area contributed by atoms with Crippen LogP contribution in [-0.4, -0.2) is 28.5 Å². The topological polar surface area (TPSA) is 82.7 Å². The molecule has 2 N–H and O–H groups in total. The normalized spacial score (nSPS) is 16.4. The van der Waals surface area contributed by atoms with Gasteiger partial charge in [-0.25, -0.2) is 4.98 Å². The zero-order valence-electron chi connectivity index (χ0n) is 14.0. The minimum atomic E-state index is -0.929. The Morgan fingerprint density at radius 2 is 1.96 bits per heavy atom. The van der Waals surface area contributed by atoms with Gasteiger partial charge < -0.3 is 15.2 Å². The summed E-state index contributed by atoms with van der Waals surface area (Å²) in [6, 6.07) is 9.80. The van der Waals surface area contributed by atoms with E-state index in [1.807, 2.05) is 42.7 Å². The second kappa shape index (κ2) is 6.46. The molecule has 1 fully saturated rings. The summed E-state index contributed by atoms with van der Waals surface area (Å²) in [5, 5.41) is 15.5. The molecule has 0 aliphatic carbocycles. The van der Waals surface area contributed by atoms with Gasteiger partial charge in [-0.3, -0.25) is 4.79 Å². The van der Waals surface area contributed by atoms with Gasteiger partial charge in [0.2, 0.25) is 5.91 Å². The Bertz CT molecular complexity index is 779. The van der Waals surface area contributed by atoms with Crippen LogP contribution in [0.25, 0.3) is 5.69 Å². The molecule has 2 aromatic rings. The van der Waals surface area contributed by atoms with Crippen LogP contribution in [-0.2, 0) is 4.79 Å². The molecule has 0 radical (unpaired) electrons. The molecule has 2 heterocycles. The predicted molar refractivity (Wildman–Crippen MR) is 91.8 cm³/mol. The summed E-state index contributed by atoms with van der Waals surface area (Å²) in [4.78, 5) is 16.9. The zero-order valence-corrected chi connectivity index (χ0v) is 14.0. The van der Waals surface area contributed by atoms with Crippen molar-refractivity contribution in [3.63, 3.8) is 0 Å². The molecule has 3 rings (SSSR count). The van der Waals surface area contributed by atoms with Crippen molar-refractivity contribution in [3.05, 3.63) is 42.0 Å². The highest BCUT2D eigenvalue weighted by molar-refractivity contribution is 5.97. The second-order valence-electron chi connectivity index (χ2n) is 6.23. The molecule has 24 heavy (non-hydrogen) atoms. The first-order valence-electron chi connectivity index (χ1n) is 8.10. The molecule has 1 aliphatic rings. The van der Waals surface area contributed by atoms with Gasteiger partial charge in [-0.15, -0.1) is 0 Å². The Labute approximate surface area is 141 Å². The van der Waals surface area contributed by atoms with E-state index in [9.17, 15) is 10.1 Å². The maximum absolute atomic E-state index is 12.6. The Balaban J connectivity index is 1.76. The number of carbonyl (C=O) groups excluding carboxylic acids is 1. The minimum Gasteiger partial charge on any atom is -0.325 e. The van der Waals surface area contributed by atoms with Crippen LogP contribution in [0.4, 0.5) is 5.69 Å². The smallest absolute Gasteiger partial charge is 0.244 e. The van der Waals surface area contributed by atoms with Crippen LogP contribution in [0.15, 0.2) is 30.6 Å². The lowest BCUT2D eigenvalue weighted by atomic mass is 9.79. The number of benzene rings is 1. The molecule has 0 atom stereocenters. The van der Waals surface area contributed by atoms with E-state index in [1.165, 1.54) is 0 Å². The van der Waals surface area contributed by atoms with Crippen molar-refractivity contribution in [2.75, 3.05) is 18.4 Å². The number of imidazole rings is 1. The number of carbonyl (C=O) groups is 1. The Morgan fingerprint density at radius 3 is 2.50 bits per heavy atom. The van der Waals surface area contributed by atoms with Gasteiger partial charge in [0.15, 0.2) is 0 Å². The van der Waals surface area contributed by atoms with Crippen LogP contribution < -0.4 is 10.6 Å². The lowest BCUT2D eigenvalue weighted by Crippen LogP contribution is -2.44. The van der Waals surface area contributed by atoms with Crippen LogP contribution in [0, 0.1) is 30.6 Å². The number of piperidine rings is 1. The van der Waals surface area contributed by atoms with Gasteiger partial charge in [0, 0.05) is 17.1 Å². The van der Waals surface area contributed by atoms with Crippen molar-refractivity contribution in [2.24, 2.45) is 5.41 Å². The fourth-order valence-electron chi connectivity index (χ4n) is 2.96. The van der Waals surface area contributed by atoms with E-state index in [2.05, 4.69) is 21.7 Å². The third-order valence-corrected chi connectivity index (χ3v) is 4.76. The summed E-state index contributed by atoms with van der Waals surface area (Å²) in [6.07, 6.45) is 2.87. The molecule has 0 unspecified atom stereocenters. The maximum Gasteiger partial charge on any atom is 0.244 e. The third kappa shape index (κ3) is 2.91. The largest absolute Gasteiger partial charge is 0.325 e. The molecule has 6 heteroatoms. The molecule has 0 spiro atoms. The highest BCUT2D eigenvalue weighted by Gasteiger charge is 2.39. The molecule has 1 aliphatic heterocycles. The molecule has 1 aromatic carbocycles. The molecular formula is C18H21N5O. The number of amides is 1. The summed E-state index contributed by atoms with van der Waals surface area (Å²) in [5.41, 5.74) is 2.84. The summed E-state index contributed by atoms with van der Waals surface area (Å²) in [6.45, 7) is 5.38. The Hall–Kier alpha value is -2.65. The van der Waals surface area contributed by atoms with E-state index in [4.69, 9.17) is 0 Å². The fraction of sp³-hybridized carbons (Fsp3) is 0.389. The minimum absolute atomic E-state index is 0.214. The van der Waals surface area contributed by atoms with E-state index >= 15 is 0 Å². The lowest BCUT2D eigenvalue weighted by Gasteiger charge is -2.29.